The summed E-state index contributed by atoms with van der Waals surface area (Å²) in [4.78, 5) is 13.2. The van der Waals surface area contributed by atoms with Crippen molar-refractivity contribution in [1.29, 1.82) is 0 Å². The third-order valence-electron chi connectivity index (χ3n) is 1.90. The van der Waals surface area contributed by atoms with Crippen LogP contribution in [0, 0.1) is 0 Å². The summed E-state index contributed by atoms with van der Waals surface area (Å²) in [7, 11) is 4.15. The first-order chi connectivity index (χ1) is 6.66. The molecule has 82 valence electrons. The molecule has 14 heavy (non-hydrogen) atoms. The molecule has 0 unspecified atom stereocenters. The van der Waals surface area contributed by atoms with Crippen molar-refractivity contribution in [3.63, 3.8) is 0 Å². The van der Waals surface area contributed by atoms with Crippen LogP contribution in [0.1, 0.15) is 26.2 Å². The van der Waals surface area contributed by atoms with Gasteiger partial charge in [-0.2, -0.15) is 0 Å². The lowest BCUT2D eigenvalue weighted by Gasteiger charge is -2.08. The second kappa shape index (κ2) is 8.75. The Morgan fingerprint density at radius 1 is 1.29 bits per heavy atom. The third kappa shape index (κ3) is 9.26. The quantitative estimate of drug-likeness (QED) is 0.495. The van der Waals surface area contributed by atoms with Crippen molar-refractivity contribution in [3.8, 4) is 0 Å². The average molecular weight is 198 g/mol. The highest BCUT2D eigenvalue weighted by Crippen LogP contribution is 1.94. The predicted molar refractivity (Wildman–Crippen MR) is 60.2 cm³/mol. The molecule has 0 aliphatic rings. The fraction of sp³-hybridized carbons (Fsp3) is 0.727. The smallest absolute Gasteiger partial charge is 0.243 e. The van der Waals surface area contributed by atoms with E-state index in [-0.39, 0.29) is 5.91 Å². The first-order valence-electron chi connectivity index (χ1n) is 5.22. The maximum absolute atomic E-state index is 11.0. The number of allylic oxidation sites excluding steroid dienone is 1. The van der Waals surface area contributed by atoms with E-state index in [1.807, 2.05) is 6.92 Å². The molecule has 0 aromatic carbocycles. The zero-order chi connectivity index (χ0) is 10.8. The Kier molecular flexibility index (Phi) is 8.24. The summed E-state index contributed by atoms with van der Waals surface area (Å²) >= 11 is 0. The molecule has 0 saturated carbocycles. The van der Waals surface area contributed by atoms with Crippen LogP contribution in [0.15, 0.2) is 12.2 Å². The molecule has 0 saturated heterocycles. The Bertz CT molecular complexity index is 176. The number of nitrogens with zero attached hydrogens (tertiary/aromatic N) is 1. The molecule has 0 rings (SSSR count). The molecule has 0 fully saturated rings. The average Bonchev–Trinajstić information content (AvgIpc) is 2.11. The van der Waals surface area contributed by atoms with E-state index >= 15 is 0 Å². The van der Waals surface area contributed by atoms with Gasteiger partial charge in [-0.15, -0.1) is 0 Å². The molecule has 0 aromatic heterocycles. The van der Waals surface area contributed by atoms with E-state index in [9.17, 15) is 4.79 Å². The van der Waals surface area contributed by atoms with Crippen LogP contribution in [0.2, 0.25) is 0 Å². The number of carbonyl (C=O) groups excluding carboxylic acids is 1. The second-order valence-electron chi connectivity index (χ2n) is 3.65. The molecule has 0 aliphatic heterocycles. The Balaban J connectivity index is 3.17. The summed E-state index contributed by atoms with van der Waals surface area (Å²) in [6.07, 6.45) is 6.75. The third-order valence-corrected chi connectivity index (χ3v) is 1.90. The molecule has 3 nitrogen and oxygen atoms in total. The van der Waals surface area contributed by atoms with Crippen LogP contribution in [0.25, 0.3) is 0 Å². The van der Waals surface area contributed by atoms with Crippen LogP contribution < -0.4 is 5.32 Å². The Hall–Kier alpha value is -0.830. The standard InChI is InChI=1S/C11H22N2O/c1-4-8-11(14)12-9-6-5-7-10-13(2)3/h4,8H,5-7,9-10H2,1-3H3,(H,12,14). The minimum Gasteiger partial charge on any atom is -0.353 e. The lowest BCUT2D eigenvalue weighted by Crippen LogP contribution is -2.22. The van der Waals surface area contributed by atoms with Gasteiger partial charge < -0.3 is 10.2 Å². The fourth-order valence-corrected chi connectivity index (χ4v) is 1.15. The van der Waals surface area contributed by atoms with Gasteiger partial charge in [0.15, 0.2) is 0 Å². The minimum atomic E-state index is 0.0140. The summed E-state index contributed by atoms with van der Waals surface area (Å²) in [5, 5.41) is 2.83. The van der Waals surface area contributed by atoms with Crippen molar-refractivity contribution in [2.75, 3.05) is 27.2 Å². The van der Waals surface area contributed by atoms with Crippen molar-refractivity contribution in [2.45, 2.75) is 26.2 Å². The maximum Gasteiger partial charge on any atom is 0.243 e. The van der Waals surface area contributed by atoms with Crippen LogP contribution in [0.3, 0.4) is 0 Å². The van der Waals surface area contributed by atoms with E-state index < -0.39 is 0 Å². The second-order valence-corrected chi connectivity index (χ2v) is 3.65. The first-order valence-corrected chi connectivity index (χ1v) is 5.22. The highest BCUT2D eigenvalue weighted by Gasteiger charge is 1.94. The zero-order valence-electron chi connectivity index (χ0n) is 9.55. The topological polar surface area (TPSA) is 32.3 Å². The van der Waals surface area contributed by atoms with Crippen molar-refractivity contribution in [2.24, 2.45) is 0 Å². The Morgan fingerprint density at radius 3 is 2.57 bits per heavy atom. The number of hydrogen-bond acceptors (Lipinski definition) is 2. The van der Waals surface area contributed by atoms with E-state index in [2.05, 4.69) is 24.3 Å². The molecule has 0 bridgehead atoms. The number of rotatable bonds is 7. The van der Waals surface area contributed by atoms with E-state index in [0.717, 1.165) is 19.5 Å². The van der Waals surface area contributed by atoms with Gasteiger partial charge in [-0.1, -0.05) is 12.5 Å². The minimum absolute atomic E-state index is 0.0140. The molecular weight excluding hydrogens is 176 g/mol. The van der Waals surface area contributed by atoms with Gasteiger partial charge in [0, 0.05) is 6.54 Å². The summed E-state index contributed by atoms with van der Waals surface area (Å²) in [5.41, 5.74) is 0. The molecule has 1 N–H and O–H groups in total. The summed E-state index contributed by atoms with van der Waals surface area (Å²) in [5.74, 6) is 0.0140. The summed E-state index contributed by atoms with van der Waals surface area (Å²) < 4.78 is 0. The van der Waals surface area contributed by atoms with Crippen molar-refractivity contribution in [1.82, 2.24) is 10.2 Å². The van der Waals surface area contributed by atoms with Gasteiger partial charge in [-0.05, 0) is 46.5 Å². The lowest BCUT2D eigenvalue weighted by molar-refractivity contribution is -0.116. The van der Waals surface area contributed by atoms with E-state index in [0.29, 0.717) is 0 Å². The Morgan fingerprint density at radius 2 is 2.00 bits per heavy atom. The molecule has 0 aliphatic carbocycles. The summed E-state index contributed by atoms with van der Waals surface area (Å²) in [6.45, 7) is 3.76. The lowest BCUT2D eigenvalue weighted by atomic mass is 10.2. The van der Waals surface area contributed by atoms with E-state index in [1.165, 1.54) is 12.8 Å². The number of hydrogen-bond donors (Lipinski definition) is 1. The first kappa shape index (κ1) is 13.2. The van der Waals surface area contributed by atoms with Gasteiger partial charge in [0.25, 0.3) is 0 Å². The molecule has 0 spiro atoms. The molecule has 0 radical (unpaired) electrons. The van der Waals surface area contributed by atoms with Gasteiger partial charge in [0.05, 0.1) is 0 Å². The van der Waals surface area contributed by atoms with E-state index in [4.69, 9.17) is 0 Å². The van der Waals surface area contributed by atoms with Gasteiger partial charge in [-0.25, -0.2) is 0 Å². The molecule has 1 amide bonds. The number of nitrogens with one attached hydrogen (secondary N) is 1. The monoisotopic (exact) mass is 198 g/mol. The summed E-state index contributed by atoms with van der Waals surface area (Å²) in [6, 6.07) is 0. The predicted octanol–water partition coefficient (Wildman–Crippen LogP) is 1.41. The van der Waals surface area contributed by atoms with Gasteiger partial charge >= 0.3 is 0 Å². The van der Waals surface area contributed by atoms with Crippen molar-refractivity contribution < 1.29 is 4.79 Å². The van der Waals surface area contributed by atoms with Crippen LogP contribution >= 0.6 is 0 Å². The van der Waals surface area contributed by atoms with Crippen LogP contribution in [-0.4, -0.2) is 38.0 Å². The number of amides is 1. The van der Waals surface area contributed by atoms with Crippen molar-refractivity contribution >= 4 is 5.91 Å². The fourth-order valence-electron chi connectivity index (χ4n) is 1.15. The van der Waals surface area contributed by atoms with Crippen LogP contribution in [0.4, 0.5) is 0 Å². The van der Waals surface area contributed by atoms with Gasteiger partial charge in [-0.3, -0.25) is 4.79 Å². The maximum atomic E-state index is 11.0. The van der Waals surface area contributed by atoms with Gasteiger partial charge in [0.2, 0.25) is 5.91 Å². The van der Waals surface area contributed by atoms with Crippen molar-refractivity contribution in [3.05, 3.63) is 12.2 Å². The molecule has 0 aromatic rings. The molecule has 3 heteroatoms. The highest BCUT2D eigenvalue weighted by molar-refractivity contribution is 5.87. The Labute approximate surface area is 87.2 Å². The van der Waals surface area contributed by atoms with E-state index in [1.54, 1.807) is 12.2 Å². The highest BCUT2D eigenvalue weighted by atomic mass is 16.1. The number of carbonyl (C=O) groups is 1. The number of unbranched alkanes of at least 4 members (excludes halogenated alkanes) is 2. The zero-order valence-corrected chi connectivity index (χ0v) is 9.55. The molecule has 0 atom stereocenters. The SMILES string of the molecule is CC=CC(=O)NCCCCCN(C)C. The molecule has 0 heterocycles. The van der Waals surface area contributed by atoms with Gasteiger partial charge in [0.1, 0.15) is 0 Å². The van der Waals surface area contributed by atoms with Crippen LogP contribution in [0.5, 0.6) is 0 Å². The molecular formula is C11H22N2O. The largest absolute Gasteiger partial charge is 0.353 e. The normalized spacial score (nSPS) is 11.1. The van der Waals surface area contributed by atoms with Crippen LogP contribution in [-0.2, 0) is 4.79 Å².